The standard InChI is InChI=1S/C27H33N3O3/c1-29(18-19-30-16-6-3-7-17-30)25(31)21-12-14-27(15-13-21)22-10-11-23(20-8-4-2-5-9-20)28-24(22)26(32)33-27/h2,4-5,8-11,21H,3,6-7,12-19H2,1H3. The summed E-state index contributed by atoms with van der Waals surface area (Å²) in [5.41, 5.74) is 2.45. The van der Waals surface area contributed by atoms with Gasteiger partial charge in [-0.2, -0.15) is 0 Å². The van der Waals surface area contributed by atoms with Gasteiger partial charge in [-0.05, 0) is 57.7 Å². The van der Waals surface area contributed by atoms with Gasteiger partial charge >= 0.3 is 5.97 Å². The summed E-state index contributed by atoms with van der Waals surface area (Å²) in [7, 11) is 1.93. The average molecular weight is 448 g/mol. The third-order valence-electron chi connectivity index (χ3n) is 7.66. The molecule has 1 spiro atoms. The van der Waals surface area contributed by atoms with Crippen LogP contribution in [0.1, 0.15) is 61.0 Å². The smallest absolute Gasteiger partial charge is 0.358 e. The number of benzene rings is 1. The predicted octanol–water partition coefficient (Wildman–Crippen LogP) is 4.25. The van der Waals surface area contributed by atoms with Crippen molar-refractivity contribution >= 4 is 11.9 Å². The first-order chi connectivity index (χ1) is 16.1. The highest BCUT2D eigenvalue weighted by molar-refractivity contribution is 5.93. The number of pyridine rings is 1. The average Bonchev–Trinajstić information content (AvgIpc) is 3.14. The van der Waals surface area contributed by atoms with Crippen LogP contribution in [-0.2, 0) is 15.1 Å². The van der Waals surface area contributed by atoms with E-state index in [1.807, 2.05) is 54.4 Å². The topological polar surface area (TPSA) is 62.7 Å². The van der Waals surface area contributed by atoms with Crippen LogP contribution >= 0.6 is 0 Å². The van der Waals surface area contributed by atoms with Crippen molar-refractivity contribution in [1.29, 1.82) is 0 Å². The normalized spacial score (nSPS) is 25.0. The molecule has 3 aliphatic rings. The summed E-state index contributed by atoms with van der Waals surface area (Å²) < 4.78 is 5.93. The Morgan fingerprint density at radius 1 is 1.09 bits per heavy atom. The van der Waals surface area contributed by atoms with Gasteiger partial charge in [0.05, 0.1) is 5.69 Å². The zero-order valence-electron chi connectivity index (χ0n) is 19.5. The Kier molecular flexibility index (Phi) is 6.19. The van der Waals surface area contributed by atoms with Gasteiger partial charge < -0.3 is 14.5 Å². The van der Waals surface area contributed by atoms with Gasteiger partial charge in [0, 0.05) is 37.2 Å². The number of hydrogen-bond acceptors (Lipinski definition) is 5. The number of nitrogens with zero attached hydrogens (tertiary/aromatic N) is 3. The van der Waals surface area contributed by atoms with Gasteiger partial charge in [-0.3, -0.25) is 4.79 Å². The van der Waals surface area contributed by atoms with Crippen LogP contribution in [0.5, 0.6) is 0 Å². The lowest BCUT2D eigenvalue weighted by molar-refractivity contribution is -0.137. The number of hydrogen-bond donors (Lipinski definition) is 0. The Labute approximate surface area is 195 Å². The highest BCUT2D eigenvalue weighted by atomic mass is 16.6. The second-order valence-electron chi connectivity index (χ2n) is 9.78. The van der Waals surface area contributed by atoms with E-state index in [0.29, 0.717) is 18.5 Å². The second-order valence-corrected chi connectivity index (χ2v) is 9.78. The molecule has 0 N–H and O–H groups in total. The molecule has 174 valence electrons. The molecule has 0 bridgehead atoms. The summed E-state index contributed by atoms with van der Waals surface area (Å²) in [6.07, 6.45) is 6.68. The number of esters is 1. The largest absolute Gasteiger partial charge is 0.449 e. The van der Waals surface area contributed by atoms with E-state index in [-0.39, 0.29) is 17.8 Å². The molecule has 6 heteroatoms. The molecule has 0 radical (unpaired) electrons. The molecule has 1 saturated carbocycles. The van der Waals surface area contributed by atoms with Crippen molar-refractivity contribution < 1.29 is 14.3 Å². The highest BCUT2D eigenvalue weighted by Crippen LogP contribution is 2.48. The predicted molar refractivity (Wildman–Crippen MR) is 127 cm³/mol. The molecule has 33 heavy (non-hydrogen) atoms. The van der Waals surface area contributed by atoms with Crippen LogP contribution in [0.15, 0.2) is 42.5 Å². The summed E-state index contributed by atoms with van der Waals surface area (Å²) in [6.45, 7) is 4.04. The van der Waals surface area contributed by atoms with Crippen molar-refractivity contribution in [3.8, 4) is 11.3 Å². The van der Waals surface area contributed by atoms with Crippen LogP contribution in [0.3, 0.4) is 0 Å². The van der Waals surface area contributed by atoms with Gasteiger partial charge in [-0.15, -0.1) is 0 Å². The Balaban J connectivity index is 1.22. The molecule has 1 aromatic carbocycles. The van der Waals surface area contributed by atoms with E-state index < -0.39 is 5.60 Å². The molecule has 5 rings (SSSR count). The molecule has 1 amide bonds. The van der Waals surface area contributed by atoms with Gasteiger partial charge in [-0.25, -0.2) is 9.78 Å². The van der Waals surface area contributed by atoms with E-state index in [1.165, 1.54) is 19.3 Å². The number of carbonyl (C=O) groups excluding carboxylic acids is 2. The monoisotopic (exact) mass is 447 g/mol. The van der Waals surface area contributed by atoms with Gasteiger partial charge in [0.1, 0.15) is 5.60 Å². The summed E-state index contributed by atoms with van der Waals surface area (Å²) in [5.74, 6) is -0.114. The summed E-state index contributed by atoms with van der Waals surface area (Å²) in [4.78, 5) is 34.8. The molecule has 2 aliphatic heterocycles. The molecule has 1 aliphatic carbocycles. The van der Waals surface area contributed by atoms with E-state index in [1.54, 1.807) is 0 Å². The molecule has 2 fully saturated rings. The fourth-order valence-corrected chi connectivity index (χ4v) is 5.63. The first kappa shape index (κ1) is 22.1. The van der Waals surface area contributed by atoms with E-state index in [0.717, 1.165) is 55.8 Å². The third kappa shape index (κ3) is 4.41. The first-order valence-corrected chi connectivity index (χ1v) is 12.3. The fourth-order valence-electron chi connectivity index (χ4n) is 5.63. The second kappa shape index (κ2) is 9.26. The summed E-state index contributed by atoms with van der Waals surface area (Å²) in [6, 6.07) is 13.8. The number of aromatic nitrogens is 1. The van der Waals surface area contributed by atoms with Gasteiger partial charge in [0.2, 0.25) is 5.91 Å². The van der Waals surface area contributed by atoms with Gasteiger partial charge in [-0.1, -0.05) is 42.8 Å². The van der Waals surface area contributed by atoms with Crippen molar-refractivity contribution in [2.24, 2.45) is 5.92 Å². The zero-order valence-corrected chi connectivity index (χ0v) is 19.5. The molecule has 1 saturated heterocycles. The SMILES string of the molecule is CN(CCN1CCCCC1)C(=O)C1CCC2(CC1)OC(=O)c1nc(-c3ccccc3)ccc12. The maximum atomic E-state index is 13.1. The van der Waals surface area contributed by atoms with Crippen LogP contribution in [0.25, 0.3) is 11.3 Å². The summed E-state index contributed by atoms with van der Waals surface area (Å²) >= 11 is 0. The number of likely N-dealkylation sites (N-methyl/N-ethyl adjacent to an activating group) is 1. The number of rotatable bonds is 5. The Bertz CT molecular complexity index is 1010. The van der Waals surface area contributed by atoms with Crippen LogP contribution in [0, 0.1) is 5.92 Å². The van der Waals surface area contributed by atoms with E-state index in [2.05, 4.69) is 9.88 Å². The van der Waals surface area contributed by atoms with E-state index >= 15 is 0 Å². The minimum atomic E-state index is -0.627. The maximum Gasteiger partial charge on any atom is 0.358 e. The number of ether oxygens (including phenoxy) is 1. The number of carbonyl (C=O) groups is 2. The van der Waals surface area contributed by atoms with Crippen LogP contribution in [-0.4, -0.2) is 59.9 Å². The van der Waals surface area contributed by atoms with Crippen molar-refractivity contribution in [1.82, 2.24) is 14.8 Å². The maximum absolute atomic E-state index is 13.1. The Morgan fingerprint density at radius 3 is 2.55 bits per heavy atom. The number of piperidine rings is 1. The van der Waals surface area contributed by atoms with Gasteiger partial charge in [0.25, 0.3) is 0 Å². The van der Waals surface area contributed by atoms with Crippen LogP contribution < -0.4 is 0 Å². The van der Waals surface area contributed by atoms with Crippen molar-refractivity contribution in [3.63, 3.8) is 0 Å². The Morgan fingerprint density at radius 2 is 1.82 bits per heavy atom. The first-order valence-electron chi connectivity index (χ1n) is 12.3. The van der Waals surface area contributed by atoms with Crippen molar-refractivity contribution in [3.05, 3.63) is 53.7 Å². The van der Waals surface area contributed by atoms with Crippen molar-refractivity contribution in [2.75, 3.05) is 33.2 Å². The molecule has 3 heterocycles. The fraction of sp³-hybridized carbons (Fsp3) is 0.519. The molecular formula is C27H33N3O3. The van der Waals surface area contributed by atoms with Crippen LogP contribution in [0.2, 0.25) is 0 Å². The molecule has 6 nitrogen and oxygen atoms in total. The molecule has 1 aromatic heterocycles. The summed E-state index contributed by atoms with van der Waals surface area (Å²) in [5, 5.41) is 0. The lowest BCUT2D eigenvalue weighted by atomic mass is 9.75. The molecule has 2 aromatic rings. The van der Waals surface area contributed by atoms with Crippen LogP contribution in [0.4, 0.5) is 0 Å². The quantitative estimate of drug-likeness (QED) is 0.642. The van der Waals surface area contributed by atoms with Crippen molar-refractivity contribution in [2.45, 2.75) is 50.5 Å². The molecule has 0 unspecified atom stereocenters. The van der Waals surface area contributed by atoms with E-state index in [9.17, 15) is 9.59 Å². The highest BCUT2D eigenvalue weighted by Gasteiger charge is 2.49. The molecule has 0 atom stereocenters. The van der Waals surface area contributed by atoms with E-state index in [4.69, 9.17) is 4.74 Å². The Hall–Kier alpha value is -2.73. The minimum Gasteiger partial charge on any atom is -0.449 e. The number of fused-ring (bicyclic) bond motifs is 2. The zero-order chi connectivity index (χ0) is 22.8. The van der Waals surface area contributed by atoms with Gasteiger partial charge in [0.15, 0.2) is 5.69 Å². The third-order valence-corrected chi connectivity index (χ3v) is 7.66. The minimum absolute atomic E-state index is 0.00119. The number of amides is 1. The lowest BCUT2D eigenvalue weighted by Crippen LogP contribution is -2.43. The molecular weight excluding hydrogens is 414 g/mol. The number of likely N-dealkylation sites (tertiary alicyclic amines) is 1. The lowest BCUT2D eigenvalue weighted by Gasteiger charge is -2.37.